The van der Waals surface area contributed by atoms with E-state index in [9.17, 15) is 0 Å². The molecule has 9 aliphatic rings. The van der Waals surface area contributed by atoms with E-state index in [1.54, 1.807) is 64.2 Å². The maximum absolute atomic E-state index is 5.40. The molecule has 0 amide bonds. The maximum atomic E-state index is 5.40. The Morgan fingerprint density at radius 1 is 0.410 bits per heavy atom. The second-order valence-electron chi connectivity index (χ2n) is 20.2. The Kier molecular flexibility index (Phi) is 17.9. The van der Waals surface area contributed by atoms with Gasteiger partial charge in [0.05, 0.1) is 19.8 Å². The van der Waals surface area contributed by atoms with Gasteiger partial charge in [0, 0.05) is 0 Å². The van der Waals surface area contributed by atoms with Crippen molar-refractivity contribution in [3.63, 3.8) is 0 Å². The van der Waals surface area contributed by atoms with Gasteiger partial charge < -0.3 is 28.4 Å². The van der Waals surface area contributed by atoms with Gasteiger partial charge in [-0.15, -0.1) is 0 Å². The van der Waals surface area contributed by atoms with Gasteiger partial charge in [0.15, 0.2) is 0 Å². The van der Waals surface area contributed by atoms with Crippen LogP contribution in [-0.4, -0.2) is 58.0 Å². The van der Waals surface area contributed by atoms with Gasteiger partial charge in [-0.2, -0.15) is 0 Å². The lowest BCUT2D eigenvalue weighted by atomic mass is 9.82. The number of hydrogen-bond donors (Lipinski definition) is 0. The molecule has 3 aliphatic heterocycles. The highest BCUT2D eigenvalue weighted by atomic mass is 16.6. The third-order valence-electron chi connectivity index (χ3n) is 14.4. The van der Waals surface area contributed by atoms with Crippen molar-refractivity contribution in [1.29, 1.82) is 0 Å². The smallest absolute Gasteiger partial charge is 0.119 e. The van der Waals surface area contributed by atoms with E-state index in [0.29, 0.717) is 49.0 Å². The second-order valence-corrected chi connectivity index (χ2v) is 20.2. The van der Waals surface area contributed by atoms with E-state index in [0.717, 1.165) is 84.4 Å². The zero-order chi connectivity index (χ0) is 43.2. The fraction of sp³-hybridized carbons (Fsp3) is 0.673. The molecule has 338 valence electrons. The molecule has 0 N–H and O–H groups in total. The molecule has 3 aromatic rings. The first-order valence-corrected chi connectivity index (χ1v) is 24.5. The first-order valence-electron chi connectivity index (χ1n) is 24.5. The molecule has 6 aliphatic carbocycles. The van der Waals surface area contributed by atoms with Crippen LogP contribution < -0.4 is 14.2 Å². The van der Waals surface area contributed by atoms with Crippen LogP contribution in [0.5, 0.6) is 17.2 Å². The molecule has 11 atom stereocenters. The average molecular weight is 839 g/mol. The molecule has 12 rings (SSSR count). The highest BCUT2D eigenvalue weighted by Gasteiger charge is 2.54. The van der Waals surface area contributed by atoms with Gasteiger partial charge in [-0.25, -0.2) is 0 Å². The molecule has 6 heteroatoms. The third-order valence-corrected chi connectivity index (χ3v) is 14.4. The Bertz CT molecular complexity index is 1430. The van der Waals surface area contributed by atoms with Crippen molar-refractivity contribution in [2.75, 3.05) is 39.6 Å². The lowest BCUT2D eigenvalue weighted by Gasteiger charge is -2.23. The summed E-state index contributed by atoms with van der Waals surface area (Å²) in [5.74, 6) is 12.0. The van der Waals surface area contributed by atoms with E-state index >= 15 is 0 Å². The summed E-state index contributed by atoms with van der Waals surface area (Å²) in [4.78, 5) is 0. The summed E-state index contributed by atoms with van der Waals surface area (Å²) in [5, 5.41) is 0. The number of ether oxygens (including phenoxy) is 6. The summed E-state index contributed by atoms with van der Waals surface area (Å²) in [5.41, 5.74) is 1.38. The molecule has 3 aromatic carbocycles. The number of para-hydroxylation sites is 3. The van der Waals surface area contributed by atoms with Crippen molar-refractivity contribution >= 4 is 0 Å². The van der Waals surface area contributed by atoms with E-state index in [4.69, 9.17) is 28.4 Å². The highest BCUT2D eigenvalue weighted by molar-refractivity contribution is 5.22. The van der Waals surface area contributed by atoms with Gasteiger partial charge >= 0.3 is 0 Å². The van der Waals surface area contributed by atoms with Crippen LogP contribution in [0.25, 0.3) is 0 Å². The zero-order valence-corrected chi connectivity index (χ0v) is 39.3. The van der Waals surface area contributed by atoms with E-state index in [1.807, 2.05) is 119 Å². The monoisotopic (exact) mass is 839 g/mol. The van der Waals surface area contributed by atoms with Crippen LogP contribution >= 0.6 is 0 Å². The van der Waals surface area contributed by atoms with E-state index < -0.39 is 0 Å². The van der Waals surface area contributed by atoms with Gasteiger partial charge in [-0.3, -0.25) is 0 Å². The summed E-state index contributed by atoms with van der Waals surface area (Å²) in [6, 6.07) is 29.4. The summed E-state index contributed by atoms with van der Waals surface area (Å²) < 4.78 is 31.2. The minimum Gasteiger partial charge on any atom is -0.491 e. The van der Waals surface area contributed by atoms with Crippen LogP contribution in [0.15, 0.2) is 91.0 Å². The fourth-order valence-electron chi connectivity index (χ4n) is 11.7. The standard InChI is InChI=1S/2C12H20.3C9H10O2.2C2H6/c2*1-12(2)6-10-8-3-4-9(5-8)11(10)7-12;3*1-2-4-8(5-3-1)10-6-9-7-11-9;2*1-2/h2*8-11H,3-7H2,1-2H3;3*1-5,9H,6-7H2;2*1-2H3. The molecule has 0 radical (unpaired) electrons. The van der Waals surface area contributed by atoms with Gasteiger partial charge in [-0.05, 0) is 159 Å². The zero-order valence-electron chi connectivity index (χ0n) is 39.3. The number of epoxide rings is 3. The molecule has 3 heterocycles. The fourth-order valence-corrected chi connectivity index (χ4v) is 11.7. The van der Waals surface area contributed by atoms with Crippen LogP contribution in [0, 0.1) is 58.2 Å². The second kappa shape index (κ2) is 23.0. The Morgan fingerprint density at radius 3 is 0.852 bits per heavy atom. The van der Waals surface area contributed by atoms with Crippen molar-refractivity contribution in [3.8, 4) is 17.2 Å². The van der Waals surface area contributed by atoms with Crippen molar-refractivity contribution in [2.24, 2.45) is 58.2 Å². The molecular weight excluding hydrogens is 757 g/mol. The van der Waals surface area contributed by atoms with Crippen molar-refractivity contribution in [1.82, 2.24) is 0 Å². The van der Waals surface area contributed by atoms with Crippen LogP contribution in [0.1, 0.15) is 120 Å². The van der Waals surface area contributed by atoms with Gasteiger partial charge in [-0.1, -0.05) is 110 Å². The Balaban J connectivity index is 0.000000125. The number of fused-ring (bicyclic) bond motifs is 10. The van der Waals surface area contributed by atoms with Crippen LogP contribution in [0.3, 0.4) is 0 Å². The van der Waals surface area contributed by atoms with Gasteiger partial charge in [0.25, 0.3) is 0 Å². The predicted octanol–water partition coefficient (Wildman–Crippen LogP) is 13.4. The summed E-state index contributed by atoms with van der Waals surface area (Å²) in [6.07, 6.45) is 16.7. The first kappa shape index (κ1) is 47.4. The van der Waals surface area contributed by atoms with E-state index in [1.165, 1.54) is 0 Å². The highest BCUT2D eigenvalue weighted by Crippen LogP contribution is 2.64. The normalized spacial score (nSPS) is 33.1. The quantitative estimate of drug-likeness (QED) is 0.200. The Labute approximate surface area is 371 Å². The van der Waals surface area contributed by atoms with Crippen molar-refractivity contribution in [2.45, 2.75) is 138 Å². The lowest BCUT2D eigenvalue weighted by molar-refractivity contribution is 0.259. The summed E-state index contributed by atoms with van der Waals surface area (Å²) in [7, 11) is 0. The van der Waals surface area contributed by atoms with Crippen molar-refractivity contribution in [3.05, 3.63) is 91.0 Å². The van der Waals surface area contributed by atoms with E-state index in [2.05, 4.69) is 27.7 Å². The predicted molar refractivity (Wildman–Crippen MR) is 249 cm³/mol. The molecule has 9 fully saturated rings. The topological polar surface area (TPSA) is 65.3 Å². The third kappa shape index (κ3) is 15.0. The minimum absolute atomic E-state index is 0.343. The van der Waals surface area contributed by atoms with Gasteiger partial charge in [0.2, 0.25) is 0 Å². The first-order chi connectivity index (χ1) is 29.7. The molecule has 0 aromatic heterocycles. The Morgan fingerprint density at radius 2 is 0.639 bits per heavy atom. The molecule has 3 saturated heterocycles. The number of rotatable bonds is 9. The van der Waals surface area contributed by atoms with Crippen LogP contribution in [0.4, 0.5) is 0 Å². The van der Waals surface area contributed by atoms with Crippen LogP contribution in [-0.2, 0) is 14.2 Å². The molecule has 6 saturated carbocycles. The Hall–Kier alpha value is -3.06. The summed E-state index contributed by atoms with van der Waals surface area (Å²) in [6.45, 7) is 22.5. The number of benzene rings is 3. The van der Waals surface area contributed by atoms with Gasteiger partial charge in [0.1, 0.15) is 55.4 Å². The molecule has 61 heavy (non-hydrogen) atoms. The summed E-state index contributed by atoms with van der Waals surface area (Å²) >= 11 is 0. The molecule has 0 spiro atoms. The SMILES string of the molecule is CC.CC.CC1(C)CC2C3CCC(C3)C2C1.CC1(C)CC2C3CCC(C3)C2C1.c1ccc(OCC2CO2)cc1.c1ccc(OCC2CO2)cc1.c1ccc(OCC2CO2)cc1. The average Bonchev–Trinajstić information content (AvgIpc) is 4.25. The molecule has 4 bridgehead atoms. The number of hydrogen-bond acceptors (Lipinski definition) is 6. The molecular formula is C55H82O6. The minimum atomic E-state index is 0.343. The van der Waals surface area contributed by atoms with Crippen molar-refractivity contribution < 1.29 is 28.4 Å². The van der Waals surface area contributed by atoms with Crippen LogP contribution in [0.2, 0.25) is 0 Å². The van der Waals surface area contributed by atoms with E-state index in [-0.39, 0.29) is 0 Å². The lowest BCUT2D eigenvalue weighted by Crippen LogP contribution is -2.15. The largest absolute Gasteiger partial charge is 0.491 e. The molecule has 6 nitrogen and oxygen atoms in total. The molecule has 11 unspecified atom stereocenters. The maximum Gasteiger partial charge on any atom is 0.119 e.